The summed E-state index contributed by atoms with van der Waals surface area (Å²) in [5.74, 6) is 0.726. The third-order valence-electron chi connectivity index (χ3n) is 4.02. The van der Waals surface area contributed by atoms with Crippen molar-refractivity contribution in [2.75, 3.05) is 26.3 Å². The second kappa shape index (κ2) is 5.28. The van der Waals surface area contributed by atoms with Gasteiger partial charge in [0.2, 0.25) is 0 Å². The van der Waals surface area contributed by atoms with Crippen LogP contribution in [0.2, 0.25) is 0 Å². The van der Waals surface area contributed by atoms with Crippen LogP contribution in [0.1, 0.15) is 32.6 Å². The number of hydrogen-bond donors (Lipinski definition) is 1. The van der Waals surface area contributed by atoms with Gasteiger partial charge in [-0.05, 0) is 45.1 Å². The first-order chi connectivity index (χ1) is 7.31. The topological polar surface area (TPSA) is 38.5 Å². The summed E-state index contributed by atoms with van der Waals surface area (Å²) in [5.41, 5.74) is 5.79. The molecule has 2 N–H and O–H groups in total. The lowest BCUT2D eigenvalue weighted by molar-refractivity contribution is -0.00236. The molecule has 0 saturated carbocycles. The lowest BCUT2D eigenvalue weighted by atomic mass is 9.90. The van der Waals surface area contributed by atoms with E-state index in [1.54, 1.807) is 0 Å². The number of hydrogen-bond acceptors (Lipinski definition) is 3. The van der Waals surface area contributed by atoms with Gasteiger partial charge in [-0.3, -0.25) is 4.90 Å². The van der Waals surface area contributed by atoms with Crippen LogP contribution < -0.4 is 5.73 Å². The van der Waals surface area contributed by atoms with E-state index in [4.69, 9.17) is 10.5 Å². The van der Waals surface area contributed by atoms with Gasteiger partial charge in [-0.15, -0.1) is 0 Å². The standard InChI is InChI=1S/C12H24N2O/c1-10-2-3-11(8-13)9-14(10)12-4-6-15-7-5-12/h10-12H,2-9,13H2,1H3. The molecule has 0 aromatic heterocycles. The van der Waals surface area contributed by atoms with Gasteiger partial charge in [0, 0.05) is 31.8 Å². The van der Waals surface area contributed by atoms with Crippen LogP contribution in [0.4, 0.5) is 0 Å². The predicted octanol–water partition coefficient (Wildman–Crippen LogP) is 1.22. The molecule has 0 aliphatic carbocycles. The molecule has 2 rings (SSSR count). The predicted molar refractivity (Wildman–Crippen MR) is 61.8 cm³/mol. The van der Waals surface area contributed by atoms with Gasteiger partial charge in [-0.1, -0.05) is 0 Å². The highest BCUT2D eigenvalue weighted by atomic mass is 16.5. The Balaban J connectivity index is 1.92. The van der Waals surface area contributed by atoms with Gasteiger partial charge in [-0.2, -0.15) is 0 Å². The number of nitrogens with zero attached hydrogens (tertiary/aromatic N) is 1. The van der Waals surface area contributed by atoms with Gasteiger partial charge < -0.3 is 10.5 Å². The highest BCUT2D eigenvalue weighted by Crippen LogP contribution is 2.26. The Morgan fingerprint density at radius 2 is 1.93 bits per heavy atom. The van der Waals surface area contributed by atoms with E-state index in [1.165, 1.54) is 32.2 Å². The van der Waals surface area contributed by atoms with E-state index in [0.717, 1.165) is 37.8 Å². The molecule has 2 aliphatic rings. The van der Waals surface area contributed by atoms with Crippen molar-refractivity contribution in [2.24, 2.45) is 11.7 Å². The normalized spacial score (nSPS) is 35.6. The minimum atomic E-state index is 0.726. The Labute approximate surface area is 93.0 Å². The molecular weight excluding hydrogens is 188 g/mol. The molecule has 3 heteroatoms. The van der Waals surface area contributed by atoms with Crippen molar-refractivity contribution in [3.63, 3.8) is 0 Å². The van der Waals surface area contributed by atoms with Gasteiger partial charge in [-0.25, -0.2) is 0 Å². The first-order valence-corrected chi connectivity index (χ1v) is 6.35. The van der Waals surface area contributed by atoms with Crippen molar-refractivity contribution in [3.05, 3.63) is 0 Å². The minimum Gasteiger partial charge on any atom is -0.381 e. The van der Waals surface area contributed by atoms with Crippen LogP contribution in [-0.4, -0.2) is 43.3 Å². The molecule has 2 heterocycles. The molecule has 0 radical (unpaired) electrons. The highest BCUT2D eigenvalue weighted by molar-refractivity contribution is 4.85. The number of nitrogens with two attached hydrogens (primary N) is 1. The monoisotopic (exact) mass is 212 g/mol. The number of ether oxygens (including phenoxy) is 1. The van der Waals surface area contributed by atoms with Gasteiger partial charge in [0.05, 0.1) is 0 Å². The Kier molecular flexibility index (Phi) is 4.00. The fourth-order valence-electron chi connectivity index (χ4n) is 2.93. The second-order valence-corrected chi connectivity index (χ2v) is 5.07. The molecule has 0 amide bonds. The van der Waals surface area contributed by atoms with Gasteiger partial charge in [0.25, 0.3) is 0 Å². The van der Waals surface area contributed by atoms with Crippen LogP contribution in [0.25, 0.3) is 0 Å². The average Bonchev–Trinajstić information content (AvgIpc) is 2.31. The van der Waals surface area contributed by atoms with Crippen molar-refractivity contribution in [1.29, 1.82) is 0 Å². The van der Waals surface area contributed by atoms with Crippen molar-refractivity contribution in [3.8, 4) is 0 Å². The third kappa shape index (κ3) is 2.71. The van der Waals surface area contributed by atoms with E-state index >= 15 is 0 Å². The molecule has 2 fully saturated rings. The first-order valence-electron chi connectivity index (χ1n) is 6.35. The summed E-state index contributed by atoms with van der Waals surface area (Å²) in [6.07, 6.45) is 5.06. The van der Waals surface area contributed by atoms with Gasteiger partial charge in [0.15, 0.2) is 0 Å². The Morgan fingerprint density at radius 3 is 2.60 bits per heavy atom. The summed E-state index contributed by atoms with van der Waals surface area (Å²) in [4.78, 5) is 2.68. The summed E-state index contributed by atoms with van der Waals surface area (Å²) in [5, 5.41) is 0. The zero-order valence-electron chi connectivity index (χ0n) is 9.82. The van der Waals surface area contributed by atoms with E-state index in [-0.39, 0.29) is 0 Å². The molecule has 15 heavy (non-hydrogen) atoms. The Hall–Kier alpha value is -0.120. The Bertz CT molecular complexity index is 192. The van der Waals surface area contributed by atoms with Crippen LogP contribution >= 0.6 is 0 Å². The molecule has 2 unspecified atom stereocenters. The SMILES string of the molecule is CC1CCC(CN)CN1C1CCOCC1. The van der Waals surface area contributed by atoms with E-state index in [1.807, 2.05) is 0 Å². The van der Waals surface area contributed by atoms with Crippen LogP contribution in [0, 0.1) is 5.92 Å². The molecule has 0 spiro atoms. The van der Waals surface area contributed by atoms with Gasteiger partial charge in [0.1, 0.15) is 0 Å². The molecule has 0 bridgehead atoms. The second-order valence-electron chi connectivity index (χ2n) is 5.07. The summed E-state index contributed by atoms with van der Waals surface area (Å²) in [6.45, 7) is 6.32. The van der Waals surface area contributed by atoms with Crippen LogP contribution in [0.5, 0.6) is 0 Å². The smallest absolute Gasteiger partial charge is 0.0480 e. The maximum absolute atomic E-state index is 5.79. The first kappa shape index (κ1) is 11.4. The lowest BCUT2D eigenvalue weighted by Gasteiger charge is -2.44. The van der Waals surface area contributed by atoms with E-state index in [9.17, 15) is 0 Å². The molecule has 88 valence electrons. The van der Waals surface area contributed by atoms with Crippen molar-refractivity contribution < 1.29 is 4.74 Å². The molecule has 0 aromatic rings. The molecular formula is C12H24N2O. The third-order valence-corrected chi connectivity index (χ3v) is 4.02. The number of rotatable bonds is 2. The van der Waals surface area contributed by atoms with Crippen molar-refractivity contribution in [1.82, 2.24) is 4.90 Å². The van der Waals surface area contributed by atoms with E-state index in [0.29, 0.717) is 0 Å². The average molecular weight is 212 g/mol. The van der Waals surface area contributed by atoms with Crippen LogP contribution in [0.3, 0.4) is 0 Å². The maximum atomic E-state index is 5.79. The van der Waals surface area contributed by atoms with Crippen LogP contribution in [0.15, 0.2) is 0 Å². The lowest BCUT2D eigenvalue weighted by Crippen LogP contribution is -2.50. The van der Waals surface area contributed by atoms with E-state index in [2.05, 4.69) is 11.8 Å². The van der Waals surface area contributed by atoms with Crippen molar-refractivity contribution >= 4 is 0 Å². The largest absolute Gasteiger partial charge is 0.381 e. The molecule has 2 aliphatic heterocycles. The van der Waals surface area contributed by atoms with Crippen molar-refractivity contribution in [2.45, 2.75) is 44.7 Å². The summed E-state index contributed by atoms with van der Waals surface area (Å²) < 4.78 is 5.43. The highest BCUT2D eigenvalue weighted by Gasteiger charge is 2.30. The molecule has 3 nitrogen and oxygen atoms in total. The fraction of sp³-hybridized carbons (Fsp3) is 1.00. The fourth-order valence-corrected chi connectivity index (χ4v) is 2.93. The Morgan fingerprint density at radius 1 is 1.20 bits per heavy atom. The molecule has 2 atom stereocenters. The quantitative estimate of drug-likeness (QED) is 0.748. The molecule has 2 saturated heterocycles. The number of likely N-dealkylation sites (tertiary alicyclic amines) is 1. The summed E-state index contributed by atoms with van der Waals surface area (Å²) in [6, 6.07) is 1.50. The van der Waals surface area contributed by atoms with E-state index < -0.39 is 0 Å². The number of piperidine rings is 1. The van der Waals surface area contributed by atoms with Gasteiger partial charge >= 0.3 is 0 Å². The zero-order chi connectivity index (χ0) is 10.7. The minimum absolute atomic E-state index is 0.726. The summed E-state index contributed by atoms with van der Waals surface area (Å²) >= 11 is 0. The molecule has 0 aromatic carbocycles. The maximum Gasteiger partial charge on any atom is 0.0480 e. The summed E-state index contributed by atoms with van der Waals surface area (Å²) in [7, 11) is 0. The van der Waals surface area contributed by atoms with Crippen LogP contribution in [-0.2, 0) is 4.74 Å². The zero-order valence-corrected chi connectivity index (χ0v) is 9.82.